The van der Waals surface area contributed by atoms with Crippen LogP contribution in [-0.2, 0) is 6.54 Å². The smallest absolute Gasteiger partial charge is 0.107 e. The van der Waals surface area contributed by atoms with E-state index in [1.807, 2.05) is 12.1 Å². The Bertz CT molecular complexity index is 476. The van der Waals surface area contributed by atoms with Gasteiger partial charge in [-0.05, 0) is 24.6 Å². The van der Waals surface area contributed by atoms with Crippen molar-refractivity contribution in [2.45, 2.75) is 20.4 Å². The number of thiophene rings is 1. The lowest BCUT2D eigenvalue weighted by atomic mass is 10.2. The van der Waals surface area contributed by atoms with Crippen LogP contribution in [0, 0.1) is 5.92 Å². The number of rotatable bonds is 5. The van der Waals surface area contributed by atoms with Crippen LogP contribution >= 0.6 is 34.3 Å². The number of nitrogens with zero attached hydrogens (tertiary/aromatic N) is 1. The van der Waals surface area contributed by atoms with E-state index in [1.54, 1.807) is 22.7 Å². The molecule has 0 aromatic carbocycles. The quantitative estimate of drug-likeness (QED) is 0.888. The van der Waals surface area contributed by atoms with E-state index in [4.69, 9.17) is 11.6 Å². The topological polar surface area (TPSA) is 24.9 Å². The van der Waals surface area contributed by atoms with E-state index in [1.165, 1.54) is 0 Å². The molecule has 92 valence electrons. The average Bonchev–Trinajstić information content (AvgIpc) is 2.86. The van der Waals surface area contributed by atoms with Gasteiger partial charge in [0.25, 0.3) is 0 Å². The van der Waals surface area contributed by atoms with E-state index >= 15 is 0 Å². The van der Waals surface area contributed by atoms with Gasteiger partial charge in [-0.2, -0.15) is 0 Å². The second-order valence-corrected chi connectivity index (χ2v) is 6.91. The molecule has 0 aliphatic heterocycles. The lowest BCUT2D eigenvalue weighted by molar-refractivity contribution is 0.551. The Morgan fingerprint density at radius 2 is 2.24 bits per heavy atom. The fraction of sp³-hybridized carbons (Fsp3) is 0.417. The largest absolute Gasteiger partial charge is 0.310 e. The minimum absolute atomic E-state index is 0.672. The Balaban J connectivity index is 1.96. The summed E-state index contributed by atoms with van der Waals surface area (Å²) in [6, 6.07) is 3.94. The zero-order valence-corrected chi connectivity index (χ0v) is 12.3. The van der Waals surface area contributed by atoms with Crippen LogP contribution in [0.3, 0.4) is 0 Å². The van der Waals surface area contributed by atoms with Crippen molar-refractivity contribution in [2.75, 3.05) is 6.54 Å². The maximum atomic E-state index is 5.92. The van der Waals surface area contributed by atoms with E-state index < -0.39 is 0 Å². The monoisotopic (exact) mass is 286 g/mol. The highest BCUT2D eigenvalue weighted by Crippen LogP contribution is 2.31. The third-order valence-electron chi connectivity index (χ3n) is 2.21. The first-order chi connectivity index (χ1) is 8.15. The van der Waals surface area contributed by atoms with E-state index in [2.05, 4.69) is 29.5 Å². The van der Waals surface area contributed by atoms with Crippen LogP contribution in [0.1, 0.15) is 18.9 Å². The Labute approximate surface area is 115 Å². The third-order valence-corrected chi connectivity index (χ3v) is 4.31. The highest BCUT2D eigenvalue weighted by Gasteiger charge is 2.06. The van der Waals surface area contributed by atoms with Gasteiger partial charge in [-0.25, -0.2) is 4.98 Å². The Hall–Kier alpha value is -0.420. The molecule has 2 nitrogen and oxygen atoms in total. The van der Waals surface area contributed by atoms with Crippen molar-refractivity contribution in [1.82, 2.24) is 10.3 Å². The molecule has 0 aliphatic carbocycles. The molecule has 2 aromatic heterocycles. The van der Waals surface area contributed by atoms with Gasteiger partial charge in [0.15, 0.2) is 0 Å². The average molecular weight is 287 g/mol. The van der Waals surface area contributed by atoms with Crippen LogP contribution in [0.5, 0.6) is 0 Å². The maximum absolute atomic E-state index is 5.92. The number of aromatic nitrogens is 1. The van der Waals surface area contributed by atoms with Crippen LogP contribution in [0.15, 0.2) is 17.5 Å². The first kappa shape index (κ1) is 13.0. The molecule has 2 rings (SSSR count). The summed E-state index contributed by atoms with van der Waals surface area (Å²) in [5.74, 6) is 0.672. The fourth-order valence-electron chi connectivity index (χ4n) is 1.42. The van der Waals surface area contributed by atoms with Crippen molar-refractivity contribution in [3.63, 3.8) is 0 Å². The van der Waals surface area contributed by atoms with E-state index in [0.29, 0.717) is 5.92 Å². The second kappa shape index (κ2) is 5.96. The number of hydrogen-bond donors (Lipinski definition) is 1. The molecule has 17 heavy (non-hydrogen) atoms. The van der Waals surface area contributed by atoms with Crippen molar-refractivity contribution in [3.8, 4) is 10.6 Å². The second-order valence-electron chi connectivity index (χ2n) is 4.25. The van der Waals surface area contributed by atoms with Gasteiger partial charge in [0.2, 0.25) is 0 Å². The molecule has 5 heteroatoms. The highest BCUT2D eigenvalue weighted by atomic mass is 35.5. The van der Waals surface area contributed by atoms with Gasteiger partial charge in [-0.1, -0.05) is 25.4 Å². The molecule has 2 aromatic rings. The summed E-state index contributed by atoms with van der Waals surface area (Å²) < 4.78 is 0.812. The van der Waals surface area contributed by atoms with E-state index in [-0.39, 0.29) is 0 Å². The maximum Gasteiger partial charge on any atom is 0.107 e. The van der Waals surface area contributed by atoms with Crippen LogP contribution in [0.2, 0.25) is 4.34 Å². The summed E-state index contributed by atoms with van der Waals surface area (Å²) in [4.78, 5) is 5.74. The lowest BCUT2D eigenvalue weighted by Gasteiger charge is -2.04. The molecule has 1 N–H and O–H groups in total. The molecule has 0 radical (unpaired) electrons. The zero-order valence-electron chi connectivity index (χ0n) is 9.87. The van der Waals surface area contributed by atoms with Crippen LogP contribution in [-0.4, -0.2) is 11.5 Å². The molecule has 0 aliphatic rings. The van der Waals surface area contributed by atoms with Gasteiger partial charge in [0, 0.05) is 11.9 Å². The van der Waals surface area contributed by atoms with Crippen molar-refractivity contribution in [1.29, 1.82) is 0 Å². The van der Waals surface area contributed by atoms with Crippen LogP contribution < -0.4 is 5.32 Å². The summed E-state index contributed by atoms with van der Waals surface area (Å²) >= 11 is 9.18. The van der Waals surface area contributed by atoms with E-state index in [9.17, 15) is 0 Å². The van der Waals surface area contributed by atoms with Gasteiger partial charge in [0.1, 0.15) is 5.01 Å². The molecule has 0 atom stereocenters. The molecule has 0 fully saturated rings. The molecule has 0 saturated heterocycles. The standard InChI is InChI=1S/C12H15ClN2S2/c1-8(2)5-14-6-12-15-9(7-16-12)10-3-4-11(13)17-10/h3-4,7-8,14H,5-6H2,1-2H3. The summed E-state index contributed by atoms with van der Waals surface area (Å²) in [6.45, 7) is 6.28. The lowest BCUT2D eigenvalue weighted by Crippen LogP contribution is -2.18. The summed E-state index contributed by atoms with van der Waals surface area (Å²) in [5.41, 5.74) is 1.04. The molecule has 2 heterocycles. The molecule has 0 amide bonds. The zero-order chi connectivity index (χ0) is 12.3. The SMILES string of the molecule is CC(C)CNCc1nc(-c2ccc(Cl)s2)cs1. The van der Waals surface area contributed by atoms with Crippen molar-refractivity contribution in [3.05, 3.63) is 26.9 Å². The molecule has 0 bridgehead atoms. The van der Waals surface area contributed by atoms with Crippen LogP contribution in [0.25, 0.3) is 10.6 Å². The van der Waals surface area contributed by atoms with Gasteiger partial charge in [-0.15, -0.1) is 22.7 Å². The Kier molecular flexibility index (Phi) is 4.56. The fourth-order valence-corrected chi connectivity index (χ4v) is 3.27. The molecule has 0 spiro atoms. The predicted octanol–water partition coefficient (Wildman–Crippen LogP) is 4.27. The third kappa shape index (κ3) is 3.78. The van der Waals surface area contributed by atoms with Gasteiger partial charge in [0.05, 0.1) is 14.9 Å². The number of thiazole rings is 1. The summed E-state index contributed by atoms with van der Waals surface area (Å²) in [5, 5.41) is 6.62. The van der Waals surface area contributed by atoms with Crippen molar-refractivity contribution < 1.29 is 0 Å². The molecule has 0 unspecified atom stereocenters. The number of nitrogens with one attached hydrogen (secondary N) is 1. The van der Waals surface area contributed by atoms with E-state index in [0.717, 1.165) is 33.0 Å². The normalized spacial score (nSPS) is 11.3. The minimum Gasteiger partial charge on any atom is -0.310 e. The van der Waals surface area contributed by atoms with Gasteiger partial charge >= 0.3 is 0 Å². The predicted molar refractivity (Wildman–Crippen MR) is 77.0 cm³/mol. The molecular formula is C12H15ClN2S2. The summed E-state index contributed by atoms with van der Waals surface area (Å²) in [6.07, 6.45) is 0. The Morgan fingerprint density at radius 3 is 2.88 bits per heavy atom. The summed E-state index contributed by atoms with van der Waals surface area (Å²) in [7, 11) is 0. The van der Waals surface area contributed by atoms with Crippen LogP contribution in [0.4, 0.5) is 0 Å². The van der Waals surface area contributed by atoms with Gasteiger partial charge < -0.3 is 5.32 Å². The van der Waals surface area contributed by atoms with Crippen molar-refractivity contribution in [2.24, 2.45) is 5.92 Å². The Morgan fingerprint density at radius 1 is 1.41 bits per heavy atom. The molecule has 0 saturated carbocycles. The number of halogens is 1. The highest BCUT2D eigenvalue weighted by molar-refractivity contribution is 7.19. The minimum atomic E-state index is 0.672. The first-order valence-corrected chi connectivity index (χ1v) is 7.63. The van der Waals surface area contributed by atoms with Gasteiger partial charge in [-0.3, -0.25) is 0 Å². The number of hydrogen-bond acceptors (Lipinski definition) is 4. The first-order valence-electron chi connectivity index (χ1n) is 5.56. The van der Waals surface area contributed by atoms with Crippen molar-refractivity contribution >= 4 is 34.3 Å². The molecular weight excluding hydrogens is 272 g/mol.